The number of nitrogen functional groups attached to an aromatic ring is 1. The Kier molecular flexibility index (Phi) is 25.4. The van der Waals surface area contributed by atoms with Gasteiger partial charge in [0.15, 0.2) is 29.9 Å². The number of alkyl carbamates (subject to hydrolysis) is 1. The highest BCUT2D eigenvalue weighted by Crippen LogP contribution is 2.44. The second kappa shape index (κ2) is 29.6. The number of hydrogen-bond donors (Lipinski definition) is 11. The number of carboxylic acid groups (broad SMARTS) is 1. The summed E-state index contributed by atoms with van der Waals surface area (Å²) in [5, 5.41) is 69.1. The maximum absolute atomic E-state index is 14.1. The number of amides is 1. The Morgan fingerprint density at radius 3 is 1.25 bits per heavy atom. The van der Waals surface area contributed by atoms with Crippen LogP contribution in [-0.2, 0) is 46.2 Å². The van der Waals surface area contributed by atoms with Crippen LogP contribution in [-0.4, -0.2) is 193 Å². The zero-order valence-corrected chi connectivity index (χ0v) is 47.4. The SMILES string of the molecule is CC(C)[C@H](N)C(=O)Cc1ccn([C@@H]2O[C@H](CO)[C@@H](O)C2(F)F)c(=O)n1.CC(C)[C@H](NC(=O)OC(C)(C)C)C(=O)O.CN[C@H](C(=O)Cc1ccn([C@@H]2O[C@H](CO)[C@@H](O)C2(F)F)c(=O)n1)C(C)C.Nc1ccn(C2O[C@H](CO)[C@@H](O)C2(F)F)c(=O)n1. The van der Waals surface area contributed by atoms with Gasteiger partial charge >= 0.3 is 46.9 Å². The van der Waals surface area contributed by atoms with Gasteiger partial charge in [-0.1, -0.05) is 41.5 Å². The first-order valence-electron chi connectivity index (χ1n) is 25.9. The first kappa shape index (κ1) is 71.9. The number of carbonyl (C=O) groups excluding carboxylic acids is 3. The number of rotatable bonds is 18. The lowest BCUT2D eigenvalue weighted by Gasteiger charge is -2.23. The Morgan fingerprint density at radius 1 is 0.631 bits per heavy atom. The predicted molar refractivity (Wildman–Crippen MR) is 279 cm³/mol. The summed E-state index contributed by atoms with van der Waals surface area (Å²) in [5.74, 6) is -13.2. The summed E-state index contributed by atoms with van der Waals surface area (Å²) in [6.45, 7) is 13.5. The zero-order valence-electron chi connectivity index (χ0n) is 47.4. The monoisotopic (exact) mass is 1220 g/mol. The first-order chi connectivity index (χ1) is 38.7. The van der Waals surface area contributed by atoms with Crippen LogP contribution >= 0.6 is 0 Å². The molecule has 3 fully saturated rings. The molecule has 0 aromatic carbocycles. The smallest absolute Gasteiger partial charge is 0.408 e. The van der Waals surface area contributed by atoms with E-state index < -0.39 is 146 Å². The number of aromatic nitrogens is 6. The maximum atomic E-state index is 14.1. The van der Waals surface area contributed by atoms with Crippen molar-refractivity contribution in [3.05, 3.63) is 79.6 Å². The number of aliphatic carboxylic acids is 1. The summed E-state index contributed by atoms with van der Waals surface area (Å²) in [5.41, 5.74) is 7.48. The molecule has 34 heteroatoms. The molecule has 84 heavy (non-hydrogen) atoms. The van der Waals surface area contributed by atoms with Crippen LogP contribution < -0.4 is 39.2 Å². The van der Waals surface area contributed by atoms with Crippen LogP contribution in [0.15, 0.2) is 51.2 Å². The largest absolute Gasteiger partial charge is 0.480 e. The highest BCUT2D eigenvalue weighted by atomic mass is 19.3. The number of ketones is 2. The molecule has 28 nitrogen and oxygen atoms in total. The molecule has 6 heterocycles. The molecule has 0 aliphatic carbocycles. The van der Waals surface area contributed by atoms with Crippen molar-refractivity contribution >= 4 is 29.4 Å². The summed E-state index contributed by atoms with van der Waals surface area (Å²) in [6.07, 6.45) is -15.3. The summed E-state index contributed by atoms with van der Waals surface area (Å²) in [4.78, 5) is 92.5. The average Bonchev–Trinajstić information content (AvgIpc) is 2.80. The number of hydrogen-bond acceptors (Lipinski definition) is 23. The normalized spacial score (nSPS) is 25.0. The second-order valence-corrected chi connectivity index (χ2v) is 21.5. The lowest BCUT2D eigenvalue weighted by Crippen LogP contribution is -2.46. The molecule has 3 saturated heterocycles. The molecule has 0 radical (unpaired) electrons. The number of nitrogens with zero attached hydrogens (tertiary/aromatic N) is 6. The molecule has 1 amide bonds. The Bertz CT molecular complexity index is 2890. The van der Waals surface area contributed by atoms with E-state index in [0.29, 0.717) is 13.7 Å². The minimum Gasteiger partial charge on any atom is -0.480 e. The summed E-state index contributed by atoms with van der Waals surface area (Å²) in [6, 6.07) is 1.63. The molecule has 3 aliphatic heterocycles. The van der Waals surface area contributed by atoms with Crippen molar-refractivity contribution in [1.82, 2.24) is 39.3 Å². The van der Waals surface area contributed by atoms with Crippen molar-refractivity contribution < 1.29 is 100 Å². The summed E-state index contributed by atoms with van der Waals surface area (Å²) in [7, 11) is 1.65. The van der Waals surface area contributed by atoms with Gasteiger partial charge < -0.3 is 76.8 Å². The number of likely N-dealkylation sites (N-methyl/N-ethyl adjacent to an activating group) is 1. The van der Waals surface area contributed by atoms with Crippen LogP contribution in [0.2, 0.25) is 0 Å². The van der Waals surface area contributed by atoms with Crippen molar-refractivity contribution in [3.8, 4) is 0 Å². The molecule has 12 atom stereocenters. The average molecular weight is 1220 g/mol. The van der Waals surface area contributed by atoms with Gasteiger partial charge in [0.05, 0.1) is 56.1 Å². The lowest BCUT2D eigenvalue weighted by atomic mass is 9.97. The van der Waals surface area contributed by atoms with Gasteiger partial charge in [0.25, 0.3) is 0 Å². The molecule has 0 spiro atoms. The molecule has 474 valence electrons. The molecule has 3 aliphatic rings. The molecular weight excluding hydrogens is 1140 g/mol. The highest BCUT2D eigenvalue weighted by Gasteiger charge is 2.61. The van der Waals surface area contributed by atoms with E-state index in [4.69, 9.17) is 50.8 Å². The second-order valence-electron chi connectivity index (χ2n) is 21.5. The predicted octanol–water partition coefficient (Wildman–Crippen LogP) is -0.959. The van der Waals surface area contributed by atoms with Gasteiger partial charge in [0, 0.05) is 18.6 Å². The molecule has 1 unspecified atom stereocenters. The Labute approximate surface area is 475 Å². The van der Waals surface area contributed by atoms with Crippen molar-refractivity contribution in [2.24, 2.45) is 23.5 Å². The third kappa shape index (κ3) is 17.9. The molecule has 0 bridgehead atoms. The Morgan fingerprint density at radius 2 is 0.976 bits per heavy atom. The van der Waals surface area contributed by atoms with Crippen molar-refractivity contribution in [2.75, 3.05) is 32.6 Å². The third-order valence-corrected chi connectivity index (χ3v) is 12.8. The first-order valence-corrected chi connectivity index (χ1v) is 25.9. The topological polar surface area (TPSA) is 428 Å². The van der Waals surface area contributed by atoms with Crippen LogP contribution in [0.5, 0.6) is 0 Å². The van der Waals surface area contributed by atoms with Crippen LogP contribution in [0.4, 0.5) is 37.0 Å². The van der Waals surface area contributed by atoms with Gasteiger partial charge in [0.1, 0.15) is 35.8 Å². The Hall–Kier alpha value is -6.34. The number of nitrogens with one attached hydrogen (secondary N) is 2. The minimum absolute atomic E-state index is 0.0374. The van der Waals surface area contributed by atoms with E-state index in [1.54, 1.807) is 55.5 Å². The summed E-state index contributed by atoms with van der Waals surface area (Å²) >= 11 is 0. The number of ether oxygens (including phenoxy) is 4. The number of carboxylic acids is 1. The third-order valence-electron chi connectivity index (χ3n) is 12.8. The van der Waals surface area contributed by atoms with E-state index in [9.17, 15) is 75.2 Å². The van der Waals surface area contributed by atoms with Crippen molar-refractivity contribution in [1.29, 1.82) is 0 Å². The molecule has 6 rings (SSSR count). The van der Waals surface area contributed by atoms with Crippen molar-refractivity contribution in [3.63, 3.8) is 0 Å². The maximum Gasteiger partial charge on any atom is 0.408 e. The lowest BCUT2D eigenvalue weighted by molar-refractivity contribution is -0.141. The van der Waals surface area contributed by atoms with E-state index in [-0.39, 0.29) is 59.4 Å². The molecule has 3 aromatic heterocycles. The quantitative estimate of drug-likeness (QED) is 0.0683. The number of anilines is 1. The van der Waals surface area contributed by atoms with E-state index in [1.807, 2.05) is 13.8 Å². The fourth-order valence-electron chi connectivity index (χ4n) is 8.18. The van der Waals surface area contributed by atoms with Crippen LogP contribution in [0, 0.1) is 17.8 Å². The Balaban J connectivity index is 0.000000300. The summed E-state index contributed by atoms with van der Waals surface area (Å²) < 4.78 is 105. The standard InChI is InChI=1S/C16H23F2N3O5.C15H21F2N3O5.C10H19NO4.C9H11F2N3O4/c1-8(2)12(19-3)10(23)6-9-4-5-21(15(25)20-9)14-16(17,18)13(24)11(7-22)26-14;1-7(2)11(18)9(22)5-8-3-4-20(14(24)19-8)13-15(16,17)12(23)10(6-21)25-13;1-6(2)7(8(12)13)11-9(14)15-10(3,4)5;10-9(11)6(16)4(3-15)18-7(9)14-2-1-5(12)13-8(14)17/h4-5,8,11-14,19,22,24H,6-7H2,1-3H3;3-4,7,10-13,21,23H,5-6,18H2,1-2H3;6-7H,1-5H3,(H,11,14)(H,12,13);1-2,4,6-7,15-16H,3H2,(H2,12,13,17)/t11-,12+,13-,14-;10-,11+,12-,13-;7-;4-,6-,7?/m1101/s1. The van der Waals surface area contributed by atoms with E-state index >= 15 is 0 Å². The number of nitrogens with two attached hydrogens (primary N) is 2. The van der Waals surface area contributed by atoms with Crippen LogP contribution in [0.25, 0.3) is 0 Å². The molecular formula is C50H74F6N10O18. The van der Waals surface area contributed by atoms with Gasteiger partial charge in [-0.25, -0.2) is 24.0 Å². The number of aliphatic hydroxyl groups is 6. The fourth-order valence-corrected chi connectivity index (χ4v) is 8.18. The minimum atomic E-state index is -3.78. The highest BCUT2D eigenvalue weighted by molar-refractivity contribution is 5.86. The van der Waals surface area contributed by atoms with E-state index in [0.717, 1.165) is 24.7 Å². The zero-order chi connectivity index (χ0) is 64.3. The van der Waals surface area contributed by atoms with Gasteiger partial charge in [0.2, 0.25) is 18.7 Å². The number of halogens is 6. The number of Topliss-reactive ketones (excluding diaryl/α,β-unsaturated/α-hetero) is 2. The van der Waals surface area contributed by atoms with E-state index in [2.05, 4.69) is 25.6 Å². The van der Waals surface area contributed by atoms with Gasteiger partial charge in [-0.3, -0.25) is 23.3 Å². The van der Waals surface area contributed by atoms with E-state index in [1.165, 1.54) is 12.1 Å². The van der Waals surface area contributed by atoms with Gasteiger partial charge in [-0.05, 0) is 63.8 Å². The van der Waals surface area contributed by atoms with Crippen LogP contribution in [0.3, 0.4) is 0 Å². The molecule has 3 aromatic rings. The molecule has 13 N–H and O–H groups in total. The van der Waals surface area contributed by atoms with Crippen LogP contribution in [0.1, 0.15) is 92.4 Å². The number of aliphatic hydroxyl groups excluding tert-OH is 6. The number of carbonyl (C=O) groups is 4. The molecule has 0 saturated carbocycles. The van der Waals surface area contributed by atoms with Crippen molar-refractivity contribution in [2.45, 2.75) is 172 Å². The number of alkyl halides is 6. The van der Waals surface area contributed by atoms with Gasteiger partial charge in [-0.15, -0.1) is 0 Å². The fraction of sp³-hybridized carbons (Fsp3) is 0.680. The van der Waals surface area contributed by atoms with Gasteiger partial charge in [-0.2, -0.15) is 41.3 Å².